The van der Waals surface area contributed by atoms with Crippen LogP contribution in [0.2, 0.25) is 0 Å². The molecule has 5 amide bonds. The minimum atomic E-state index is -3.87. The predicted molar refractivity (Wildman–Crippen MR) is 186 cm³/mol. The standard InChI is InChI=1S/C37H48FN5O8S/c38-29-13-8-9-23-20-42(22-28(23)29)36(48)51-26-17-31-32(44)19-37(34(46)41-52(49,50)27-15-16-27)18-24(37)10-4-2-1-3-5-14-30(33(45)43(31)21-26)40-35(47)39-25-11-6-7-12-25/h4,8-10,13,24-27,30-31H,1-3,5-7,11-12,14-22H2,(H,41,46)(H2,39,40,47)/b10-4-/t24-,26-,30+,31+,37-/m1/s1. The van der Waals surface area contributed by atoms with Gasteiger partial charge < -0.3 is 20.3 Å². The predicted octanol–water partition coefficient (Wildman–Crippen LogP) is 3.95. The Morgan fingerprint density at radius 1 is 0.942 bits per heavy atom. The number of rotatable bonds is 6. The Hall–Kier alpha value is -4.01. The molecule has 0 bridgehead atoms. The lowest BCUT2D eigenvalue weighted by molar-refractivity contribution is -0.140. The molecule has 3 heterocycles. The Morgan fingerprint density at radius 2 is 1.71 bits per heavy atom. The zero-order chi connectivity index (χ0) is 36.6. The molecule has 13 nitrogen and oxygen atoms in total. The summed E-state index contributed by atoms with van der Waals surface area (Å²) in [5.41, 5.74) is -0.204. The van der Waals surface area contributed by atoms with Crippen LogP contribution in [0.3, 0.4) is 0 Å². The summed E-state index contributed by atoms with van der Waals surface area (Å²) < 4.78 is 48.1. The number of hydrogen-bond donors (Lipinski definition) is 3. The number of Topliss-reactive ketones (excluding diaryl/α,β-unsaturated/α-hetero) is 1. The van der Waals surface area contributed by atoms with E-state index in [4.69, 9.17) is 4.74 Å². The van der Waals surface area contributed by atoms with Gasteiger partial charge in [-0.3, -0.25) is 24.0 Å². The van der Waals surface area contributed by atoms with Crippen LogP contribution in [0.5, 0.6) is 0 Å². The van der Waals surface area contributed by atoms with E-state index >= 15 is 0 Å². The zero-order valence-corrected chi connectivity index (χ0v) is 30.1. The number of fused-ring (bicyclic) bond motifs is 3. The smallest absolute Gasteiger partial charge is 0.410 e. The number of carbonyl (C=O) groups excluding carboxylic acids is 5. The fraction of sp³-hybridized carbons (Fsp3) is 0.649. The maximum atomic E-state index is 14.4. The van der Waals surface area contributed by atoms with Crippen LogP contribution in [0, 0.1) is 17.2 Å². The van der Waals surface area contributed by atoms with E-state index in [1.807, 2.05) is 12.2 Å². The molecule has 3 aliphatic heterocycles. The quantitative estimate of drug-likeness (QED) is 0.368. The molecule has 52 heavy (non-hydrogen) atoms. The molecule has 3 aliphatic carbocycles. The van der Waals surface area contributed by atoms with E-state index in [1.165, 1.54) is 15.9 Å². The summed E-state index contributed by atoms with van der Waals surface area (Å²) in [6.45, 7) is 0.0656. The first-order chi connectivity index (χ1) is 24.9. The maximum absolute atomic E-state index is 14.4. The number of sulfonamides is 1. The molecule has 3 N–H and O–H groups in total. The second-order valence-electron chi connectivity index (χ2n) is 15.5. The van der Waals surface area contributed by atoms with Crippen LogP contribution >= 0.6 is 0 Å². The number of benzene rings is 1. The van der Waals surface area contributed by atoms with Gasteiger partial charge in [-0.25, -0.2) is 22.4 Å². The number of amides is 5. The number of carbonyl (C=O) groups is 5. The summed E-state index contributed by atoms with van der Waals surface area (Å²) in [6, 6.07) is 2.20. The van der Waals surface area contributed by atoms with Crippen molar-refractivity contribution in [2.45, 2.75) is 132 Å². The number of hydrogen-bond acceptors (Lipinski definition) is 8. The summed E-state index contributed by atoms with van der Waals surface area (Å²) in [5.74, 6) is -2.40. The van der Waals surface area contributed by atoms with Crippen LogP contribution in [0.25, 0.3) is 0 Å². The lowest BCUT2D eigenvalue weighted by atomic mass is 9.91. The van der Waals surface area contributed by atoms with Crippen molar-refractivity contribution in [3.63, 3.8) is 0 Å². The Balaban J connectivity index is 1.12. The topological polar surface area (TPSA) is 171 Å². The number of halogens is 1. The van der Waals surface area contributed by atoms with Crippen LogP contribution in [0.15, 0.2) is 30.4 Å². The molecule has 3 saturated carbocycles. The molecule has 6 aliphatic rings. The second-order valence-corrected chi connectivity index (χ2v) is 17.4. The lowest BCUT2D eigenvalue weighted by Gasteiger charge is -2.29. The minimum Gasteiger partial charge on any atom is -0.444 e. The monoisotopic (exact) mass is 741 g/mol. The molecular formula is C37H48FN5O8S. The van der Waals surface area contributed by atoms with Gasteiger partial charge in [-0.1, -0.05) is 50.0 Å². The van der Waals surface area contributed by atoms with Crippen molar-refractivity contribution in [2.75, 3.05) is 6.54 Å². The van der Waals surface area contributed by atoms with E-state index in [1.54, 1.807) is 12.1 Å². The minimum absolute atomic E-state index is 0.0248. The first kappa shape index (κ1) is 36.4. The molecule has 4 fully saturated rings. The SMILES string of the molecule is O=C(NC1CCCC1)N[C@H]1CCCCC/C=C\[C@@H]2C[C@@]2(C(=O)NS(=O)(=O)C2CC2)CC(=O)[C@@H]2C[C@@H](OC(=O)N3Cc4cccc(F)c4C3)CN2C1=O. The molecule has 1 saturated heterocycles. The average Bonchev–Trinajstić information content (AvgIpc) is 3.88. The van der Waals surface area contributed by atoms with Crippen molar-refractivity contribution in [3.8, 4) is 0 Å². The molecular weight excluding hydrogens is 693 g/mol. The Morgan fingerprint density at radius 3 is 2.46 bits per heavy atom. The number of urea groups is 1. The summed E-state index contributed by atoms with van der Waals surface area (Å²) in [5, 5.41) is 5.22. The maximum Gasteiger partial charge on any atom is 0.410 e. The highest BCUT2D eigenvalue weighted by molar-refractivity contribution is 7.90. The van der Waals surface area contributed by atoms with E-state index in [2.05, 4.69) is 15.4 Å². The summed E-state index contributed by atoms with van der Waals surface area (Å²) >= 11 is 0. The number of allylic oxidation sites excluding steroid dienone is 2. The van der Waals surface area contributed by atoms with Crippen molar-refractivity contribution >= 4 is 39.7 Å². The summed E-state index contributed by atoms with van der Waals surface area (Å²) in [4.78, 5) is 71.6. The largest absolute Gasteiger partial charge is 0.444 e. The highest BCUT2D eigenvalue weighted by Gasteiger charge is 2.61. The van der Waals surface area contributed by atoms with Crippen LogP contribution in [-0.2, 0) is 42.2 Å². The van der Waals surface area contributed by atoms with E-state index in [0.717, 1.165) is 38.5 Å². The van der Waals surface area contributed by atoms with Crippen LogP contribution in [0.4, 0.5) is 14.0 Å². The van der Waals surface area contributed by atoms with Gasteiger partial charge in [0.05, 0.1) is 29.8 Å². The van der Waals surface area contributed by atoms with Gasteiger partial charge in [-0.15, -0.1) is 0 Å². The Bertz CT molecular complexity index is 1740. The third-order valence-corrected chi connectivity index (χ3v) is 13.5. The van der Waals surface area contributed by atoms with E-state index in [0.29, 0.717) is 43.2 Å². The van der Waals surface area contributed by atoms with Crippen LogP contribution in [0.1, 0.15) is 101 Å². The van der Waals surface area contributed by atoms with Crippen molar-refractivity contribution in [1.29, 1.82) is 0 Å². The normalized spacial score (nSPS) is 30.3. The van der Waals surface area contributed by atoms with E-state index < -0.39 is 74.4 Å². The Labute approximate surface area is 303 Å². The molecule has 282 valence electrons. The molecule has 0 aromatic heterocycles. The molecule has 7 rings (SSSR count). The van der Waals surface area contributed by atoms with Crippen LogP contribution < -0.4 is 15.4 Å². The number of ether oxygens (including phenoxy) is 1. The summed E-state index contributed by atoms with van der Waals surface area (Å²) in [6.07, 6.45) is 10.2. The second kappa shape index (κ2) is 14.8. The van der Waals surface area contributed by atoms with Gasteiger partial charge in [0.15, 0.2) is 5.78 Å². The molecule has 5 atom stereocenters. The molecule has 1 aromatic carbocycles. The zero-order valence-electron chi connectivity index (χ0n) is 29.3. The van der Waals surface area contributed by atoms with Gasteiger partial charge in [0, 0.05) is 31.0 Å². The molecule has 0 radical (unpaired) electrons. The number of nitrogens with one attached hydrogen (secondary N) is 3. The van der Waals surface area contributed by atoms with Gasteiger partial charge in [0.1, 0.15) is 18.0 Å². The highest BCUT2D eigenvalue weighted by atomic mass is 32.2. The van der Waals surface area contributed by atoms with Gasteiger partial charge in [-0.05, 0) is 68.9 Å². The lowest BCUT2D eigenvalue weighted by Crippen LogP contribution is -2.55. The fourth-order valence-corrected chi connectivity index (χ4v) is 9.76. The first-order valence-corrected chi connectivity index (χ1v) is 20.3. The number of nitrogens with zero attached hydrogens (tertiary/aromatic N) is 2. The van der Waals surface area contributed by atoms with Crippen molar-refractivity contribution in [1.82, 2.24) is 25.2 Å². The molecule has 0 spiro atoms. The third kappa shape index (κ3) is 7.84. The van der Waals surface area contributed by atoms with Crippen molar-refractivity contribution in [3.05, 3.63) is 47.3 Å². The van der Waals surface area contributed by atoms with E-state index in [-0.39, 0.29) is 50.9 Å². The third-order valence-electron chi connectivity index (χ3n) is 11.7. The van der Waals surface area contributed by atoms with Gasteiger partial charge >= 0.3 is 12.1 Å². The highest BCUT2D eigenvalue weighted by Crippen LogP contribution is 2.57. The van der Waals surface area contributed by atoms with Crippen molar-refractivity contribution in [2.24, 2.45) is 11.3 Å². The van der Waals surface area contributed by atoms with Gasteiger partial charge in [0.25, 0.3) is 0 Å². The van der Waals surface area contributed by atoms with Gasteiger partial charge in [-0.2, -0.15) is 0 Å². The van der Waals surface area contributed by atoms with Crippen LogP contribution in [-0.4, -0.2) is 84.0 Å². The molecule has 15 heteroatoms. The van der Waals surface area contributed by atoms with Crippen molar-refractivity contribution < 1.29 is 41.5 Å². The first-order valence-electron chi connectivity index (χ1n) is 18.8. The Kier molecular flexibility index (Phi) is 10.3. The van der Waals surface area contributed by atoms with Gasteiger partial charge in [0.2, 0.25) is 21.8 Å². The molecule has 1 aromatic rings. The number of ketones is 1. The average molecular weight is 742 g/mol. The summed E-state index contributed by atoms with van der Waals surface area (Å²) in [7, 11) is -3.87. The molecule has 0 unspecified atom stereocenters. The fourth-order valence-electron chi connectivity index (χ4n) is 8.37. The van der Waals surface area contributed by atoms with E-state index in [9.17, 15) is 36.8 Å².